The van der Waals surface area contributed by atoms with Crippen LogP contribution in [0.4, 0.5) is 27.6 Å². The lowest BCUT2D eigenvalue weighted by Gasteiger charge is -2.30. The number of ether oxygens (including phenoxy) is 2. The molecule has 0 spiro atoms. The van der Waals surface area contributed by atoms with Gasteiger partial charge in [-0.25, -0.2) is 15.1 Å². The number of thiocarbonyl (C=S) groups is 1. The summed E-state index contributed by atoms with van der Waals surface area (Å²) in [5.74, 6) is 1.52. The second kappa shape index (κ2) is 12.9. The molecule has 0 bridgehead atoms. The molecule has 6 rings (SSSR count). The zero-order chi connectivity index (χ0) is 33.3. The minimum absolute atomic E-state index is 0.178. The molecule has 3 aromatic carbocycles. The van der Waals surface area contributed by atoms with Crippen molar-refractivity contribution >= 4 is 39.9 Å². The van der Waals surface area contributed by atoms with Gasteiger partial charge in [-0.1, -0.05) is 55.1 Å². The molecule has 1 aromatic heterocycles. The normalized spacial score (nSPS) is 16.8. The number of hydrogen-bond acceptors (Lipinski definition) is 7. The summed E-state index contributed by atoms with van der Waals surface area (Å²) in [6, 6.07) is 17.8. The summed E-state index contributed by atoms with van der Waals surface area (Å²) in [7, 11) is 1.64. The summed E-state index contributed by atoms with van der Waals surface area (Å²) in [5.41, 5.74) is 7.95. The lowest BCUT2D eigenvalue weighted by molar-refractivity contribution is -0.360. The summed E-state index contributed by atoms with van der Waals surface area (Å²) in [5, 5.41) is 5.27. The number of allylic oxidation sites excluding steroid dienone is 1. The second-order valence-electron chi connectivity index (χ2n) is 10.4. The number of hydroxylamine groups is 1. The zero-order valence-electron chi connectivity index (χ0n) is 24.7. The Labute approximate surface area is 275 Å². The standard InChI is InChI=1S/C31H25F5N6O3S2/c1-18-13-22-16-47-29(42(22)26-14-24(43-2)11-12-25(18)26)38-28(46)40-44-15-19-3-5-20(6-4-19)27-37-17-41(39-27)21-7-9-23(10-8-21)45-31(35,36)30(32,33)34/h3-14,17-18H,15-16H2,1-2H3,(H,40,46). The molecule has 3 heterocycles. The van der Waals surface area contributed by atoms with Crippen LogP contribution in [0.15, 0.2) is 89.8 Å². The van der Waals surface area contributed by atoms with Crippen LogP contribution in [0.25, 0.3) is 17.1 Å². The van der Waals surface area contributed by atoms with Crippen molar-refractivity contribution < 1.29 is 36.3 Å². The Bertz CT molecular complexity index is 1850. The van der Waals surface area contributed by atoms with Gasteiger partial charge in [-0.3, -0.25) is 9.74 Å². The van der Waals surface area contributed by atoms with E-state index < -0.39 is 18.0 Å². The largest absolute Gasteiger partial charge is 0.499 e. The molecule has 2 aliphatic rings. The molecule has 0 aliphatic carbocycles. The molecular formula is C31H25F5N6O3S2. The molecule has 2 aliphatic heterocycles. The maximum absolute atomic E-state index is 13.2. The van der Waals surface area contributed by atoms with Crippen molar-refractivity contribution in [2.75, 3.05) is 17.8 Å². The molecule has 9 nitrogen and oxygen atoms in total. The van der Waals surface area contributed by atoms with E-state index in [9.17, 15) is 22.0 Å². The highest BCUT2D eigenvalue weighted by Gasteiger charge is 2.61. The van der Waals surface area contributed by atoms with Gasteiger partial charge in [0.1, 0.15) is 17.8 Å². The van der Waals surface area contributed by atoms with Gasteiger partial charge in [0.2, 0.25) is 5.11 Å². The van der Waals surface area contributed by atoms with E-state index in [0.717, 1.165) is 45.8 Å². The molecule has 1 fully saturated rings. The first kappa shape index (κ1) is 32.4. The van der Waals surface area contributed by atoms with Crippen LogP contribution in [0.3, 0.4) is 0 Å². The summed E-state index contributed by atoms with van der Waals surface area (Å²) in [4.78, 5) is 16.5. The number of hydrogen-bond donors (Lipinski definition) is 1. The van der Waals surface area contributed by atoms with Gasteiger partial charge in [-0.05, 0) is 53.7 Å². The van der Waals surface area contributed by atoms with Gasteiger partial charge in [-0.2, -0.15) is 26.9 Å². The van der Waals surface area contributed by atoms with E-state index in [2.05, 4.69) is 49.3 Å². The SMILES string of the molecule is COc1ccc2c(c1)N1C(=CC2C)CSC1=NC(=S)NOCc1ccc(-c2ncn(-c3ccc(OC(F)(F)C(F)(F)F)cc3)n2)cc1. The lowest BCUT2D eigenvalue weighted by atomic mass is 9.94. The van der Waals surface area contributed by atoms with E-state index in [4.69, 9.17) is 21.8 Å². The maximum atomic E-state index is 13.2. The van der Waals surface area contributed by atoms with Crippen molar-refractivity contribution in [2.45, 2.75) is 31.7 Å². The lowest BCUT2D eigenvalue weighted by Crippen LogP contribution is -2.41. The van der Waals surface area contributed by atoms with Crippen molar-refractivity contribution in [2.24, 2.45) is 4.99 Å². The Kier molecular flexibility index (Phi) is 8.91. The minimum Gasteiger partial charge on any atom is -0.497 e. The van der Waals surface area contributed by atoms with Crippen LogP contribution in [-0.2, 0) is 11.4 Å². The molecule has 0 amide bonds. The van der Waals surface area contributed by atoms with Crippen molar-refractivity contribution in [1.82, 2.24) is 20.2 Å². The van der Waals surface area contributed by atoms with Crippen molar-refractivity contribution in [3.05, 3.63) is 96.0 Å². The van der Waals surface area contributed by atoms with Gasteiger partial charge >= 0.3 is 12.3 Å². The fraction of sp³-hybridized carbons (Fsp3) is 0.226. The van der Waals surface area contributed by atoms with E-state index in [0.29, 0.717) is 17.1 Å². The number of nitrogens with one attached hydrogen (secondary N) is 1. The first-order chi connectivity index (χ1) is 22.4. The van der Waals surface area contributed by atoms with Crippen molar-refractivity contribution in [3.63, 3.8) is 0 Å². The molecule has 1 saturated heterocycles. The number of amidine groups is 1. The molecule has 1 N–H and O–H groups in total. The highest BCUT2D eigenvalue weighted by molar-refractivity contribution is 8.14. The molecule has 244 valence electrons. The van der Waals surface area contributed by atoms with Gasteiger partial charge in [-0.15, -0.1) is 5.10 Å². The second-order valence-corrected chi connectivity index (χ2v) is 11.7. The predicted molar refractivity (Wildman–Crippen MR) is 171 cm³/mol. The van der Waals surface area contributed by atoms with Gasteiger partial charge in [0, 0.05) is 29.0 Å². The zero-order valence-corrected chi connectivity index (χ0v) is 26.3. The molecule has 4 aromatic rings. The summed E-state index contributed by atoms with van der Waals surface area (Å²) in [6.45, 7) is 2.35. The summed E-state index contributed by atoms with van der Waals surface area (Å²) in [6.07, 6.45) is -7.53. The Morgan fingerprint density at radius 3 is 2.47 bits per heavy atom. The topological polar surface area (TPSA) is 86.0 Å². The van der Waals surface area contributed by atoms with Gasteiger partial charge in [0.25, 0.3) is 0 Å². The van der Waals surface area contributed by atoms with Crippen LogP contribution in [0.1, 0.15) is 24.0 Å². The number of thioether (sulfide) groups is 1. The Morgan fingerprint density at radius 1 is 1.04 bits per heavy atom. The third-order valence-electron chi connectivity index (χ3n) is 7.22. The fourth-order valence-electron chi connectivity index (χ4n) is 4.89. The molecule has 16 heteroatoms. The number of methoxy groups -OCH3 is 1. The highest BCUT2D eigenvalue weighted by atomic mass is 32.2. The third-order valence-corrected chi connectivity index (χ3v) is 8.36. The van der Waals surface area contributed by atoms with Crippen LogP contribution >= 0.6 is 24.0 Å². The van der Waals surface area contributed by atoms with Crippen molar-refractivity contribution in [1.29, 1.82) is 0 Å². The van der Waals surface area contributed by atoms with Gasteiger partial charge < -0.3 is 9.47 Å². The number of aromatic nitrogens is 3. The molecule has 47 heavy (non-hydrogen) atoms. The summed E-state index contributed by atoms with van der Waals surface area (Å²) >= 11 is 7.02. The average Bonchev–Trinajstić information content (AvgIpc) is 3.69. The Balaban J connectivity index is 1.04. The number of anilines is 1. The smallest absolute Gasteiger partial charge is 0.497 e. The maximum Gasteiger partial charge on any atom is 0.499 e. The molecule has 1 unspecified atom stereocenters. The van der Waals surface area contributed by atoms with Crippen LogP contribution < -0.4 is 19.9 Å². The monoisotopic (exact) mass is 688 g/mol. The van der Waals surface area contributed by atoms with Crippen LogP contribution in [0.2, 0.25) is 0 Å². The van der Waals surface area contributed by atoms with E-state index in [-0.39, 0.29) is 17.6 Å². The first-order valence-electron chi connectivity index (χ1n) is 14.0. The van der Waals surface area contributed by atoms with E-state index in [1.54, 1.807) is 31.0 Å². The Hall–Kier alpha value is -4.54. The fourth-order valence-corrected chi connectivity index (χ4v) is 6.10. The molecule has 1 atom stereocenters. The third kappa shape index (κ3) is 6.94. The van der Waals surface area contributed by atoms with Crippen LogP contribution in [-0.4, -0.2) is 50.2 Å². The summed E-state index contributed by atoms with van der Waals surface area (Å²) < 4.78 is 74.1. The number of halogens is 5. The first-order valence-corrected chi connectivity index (χ1v) is 15.4. The van der Waals surface area contributed by atoms with Crippen LogP contribution in [0.5, 0.6) is 11.5 Å². The number of fused-ring (bicyclic) bond motifs is 3. The Morgan fingerprint density at radius 2 is 1.77 bits per heavy atom. The molecular weight excluding hydrogens is 664 g/mol. The minimum atomic E-state index is -5.83. The molecule has 0 saturated carbocycles. The number of benzene rings is 3. The van der Waals surface area contributed by atoms with Gasteiger partial charge in [0.05, 0.1) is 25.1 Å². The number of nitrogens with zero attached hydrogens (tertiary/aromatic N) is 5. The van der Waals surface area contributed by atoms with E-state index >= 15 is 0 Å². The van der Waals surface area contributed by atoms with E-state index in [1.165, 1.54) is 28.7 Å². The highest BCUT2D eigenvalue weighted by Crippen LogP contribution is 2.44. The average molecular weight is 689 g/mol. The van der Waals surface area contributed by atoms with E-state index in [1.807, 2.05) is 24.3 Å². The number of alkyl halides is 5. The van der Waals surface area contributed by atoms with Gasteiger partial charge in [0.15, 0.2) is 11.0 Å². The number of rotatable bonds is 8. The quantitative estimate of drug-likeness (QED) is 0.116. The number of aliphatic imine (C=N–C) groups is 1. The molecule has 0 radical (unpaired) electrons. The van der Waals surface area contributed by atoms with Crippen molar-refractivity contribution in [3.8, 4) is 28.6 Å². The van der Waals surface area contributed by atoms with Crippen LogP contribution in [0, 0.1) is 0 Å². The predicted octanol–water partition coefficient (Wildman–Crippen LogP) is 7.39.